The molecule has 230 valence electrons. The fourth-order valence-corrected chi connectivity index (χ4v) is 7.76. The predicted octanol–water partition coefficient (Wildman–Crippen LogP) is 4.49. The third kappa shape index (κ3) is 6.71. The topological polar surface area (TPSA) is 91.0 Å². The molecule has 43 heavy (non-hydrogen) atoms. The molecule has 3 saturated heterocycles. The van der Waals surface area contributed by atoms with Crippen LogP contribution in [0.15, 0.2) is 42.5 Å². The lowest BCUT2D eigenvalue weighted by Crippen LogP contribution is -2.50. The van der Waals surface area contributed by atoms with Crippen molar-refractivity contribution in [3.8, 4) is 5.75 Å². The van der Waals surface area contributed by atoms with E-state index in [4.69, 9.17) is 4.74 Å². The average Bonchev–Trinajstić information content (AvgIpc) is 3.00. The summed E-state index contributed by atoms with van der Waals surface area (Å²) < 4.78 is 20.4. The first-order valence-corrected chi connectivity index (χ1v) is 15.8. The van der Waals surface area contributed by atoms with E-state index in [2.05, 4.69) is 20.4 Å². The standard InChI is InChI=1S/C34H43FN4O4/c1-43-27-4-2-3-26(17-27)32(41)36-21-24-19-34(20-24)11-15-38(16-12-34)22-23-9-13-39(14-10-23)30-7-5-25(18-29(30)35)28-6-8-31(40)37-33(28)42/h2-5,7,17-18,23-24,28H,6,8-16,19-22H2,1H3,(H,36,41)(H,37,40,42). The van der Waals surface area contributed by atoms with Gasteiger partial charge in [-0.1, -0.05) is 12.1 Å². The molecule has 4 aliphatic rings. The Hall–Kier alpha value is -3.46. The molecule has 6 rings (SSSR count). The lowest BCUT2D eigenvalue weighted by atomic mass is 9.57. The summed E-state index contributed by atoms with van der Waals surface area (Å²) >= 11 is 0. The second kappa shape index (κ2) is 12.6. The summed E-state index contributed by atoms with van der Waals surface area (Å²) in [7, 11) is 1.61. The van der Waals surface area contributed by atoms with Gasteiger partial charge in [-0.15, -0.1) is 0 Å². The number of amides is 3. The first kappa shape index (κ1) is 29.6. The number of nitrogens with zero attached hydrogens (tertiary/aromatic N) is 2. The summed E-state index contributed by atoms with van der Waals surface area (Å²) in [5.74, 6) is 0.491. The Balaban J connectivity index is 0.903. The molecule has 9 heteroatoms. The molecular formula is C34H43FN4O4. The number of anilines is 1. The summed E-state index contributed by atoms with van der Waals surface area (Å²) in [6.07, 6.45) is 7.68. The molecule has 2 aromatic rings. The Kier molecular flexibility index (Phi) is 8.71. The minimum Gasteiger partial charge on any atom is -0.497 e. The molecule has 1 unspecified atom stereocenters. The maximum absolute atomic E-state index is 15.1. The van der Waals surface area contributed by atoms with E-state index in [1.165, 1.54) is 31.7 Å². The normalized spacial score (nSPS) is 23.1. The molecule has 1 aliphatic carbocycles. The molecule has 8 nitrogen and oxygen atoms in total. The van der Waals surface area contributed by atoms with Crippen molar-refractivity contribution in [1.82, 2.24) is 15.5 Å². The fraction of sp³-hybridized carbons (Fsp3) is 0.559. The molecule has 2 aromatic carbocycles. The molecule has 4 fully saturated rings. The van der Waals surface area contributed by atoms with Gasteiger partial charge >= 0.3 is 0 Å². The quantitative estimate of drug-likeness (QED) is 0.441. The van der Waals surface area contributed by atoms with Gasteiger partial charge in [-0.3, -0.25) is 19.7 Å². The van der Waals surface area contributed by atoms with Gasteiger partial charge in [0.05, 0.1) is 18.7 Å². The number of ether oxygens (including phenoxy) is 1. The van der Waals surface area contributed by atoms with Gasteiger partial charge in [0.15, 0.2) is 0 Å². The molecule has 3 aliphatic heterocycles. The molecule has 1 spiro atoms. The Morgan fingerprint density at radius 1 is 1.02 bits per heavy atom. The second-order valence-corrected chi connectivity index (χ2v) is 13.2. The molecule has 3 heterocycles. The van der Waals surface area contributed by atoms with E-state index < -0.39 is 5.92 Å². The van der Waals surface area contributed by atoms with Crippen molar-refractivity contribution >= 4 is 23.4 Å². The summed E-state index contributed by atoms with van der Waals surface area (Å²) in [6.45, 7) is 5.79. The Morgan fingerprint density at radius 3 is 2.49 bits per heavy atom. The lowest BCUT2D eigenvalue weighted by molar-refractivity contribution is -0.134. The maximum atomic E-state index is 15.1. The molecule has 2 N–H and O–H groups in total. The molecule has 1 atom stereocenters. The highest BCUT2D eigenvalue weighted by Crippen LogP contribution is 2.52. The summed E-state index contributed by atoms with van der Waals surface area (Å²) in [6, 6.07) is 12.4. The van der Waals surface area contributed by atoms with E-state index in [0.717, 1.165) is 52.1 Å². The number of hydrogen-bond acceptors (Lipinski definition) is 6. The first-order valence-electron chi connectivity index (χ1n) is 15.8. The van der Waals surface area contributed by atoms with Crippen LogP contribution in [0.4, 0.5) is 10.1 Å². The van der Waals surface area contributed by atoms with Crippen molar-refractivity contribution in [2.45, 2.75) is 57.3 Å². The minimum atomic E-state index is -0.466. The lowest BCUT2D eigenvalue weighted by Gasteiger charge is -2.53. The van der Waals surface area contributed by atoms with Gasteiger partial charge in [0.25, 0.3) is 5.91 Å². The monoisotopic (exact) mass is 590 g/mol. The number of halogens is 1. The number of carbonyl (C=O) groups excluding carboxylic acids is 3. The number of piperidine rings is 3. The highest BCUT2D eigenvalue weighted by molar-refractivity contribution is 6.01. The number of hydrogen-bond donors (Lipinski definition) is 2. The van der Waals surface area contributed by atoms with E-state index in [1.54, 1.807) is 19.2 Å². The van der Waals surface area contributed by atoms with Crippen molar-refractivity contribution in [1.29, 1.82) is 0 Å². The average molecular weight is 591 g/mol. The number of imide groups is 1. The number of likely N-dealkylation sites (tertiary alicyclic amines) is 1. The highest BCUT2D eigenvalue weighted by atomic mass is 19.1. The van der Waals surface area contributed by atoms with Crippen LogP contribution in [0.5, 0.6) is 5.75 Å². The highest BCUT2D eigenvalue weighted by Gasteiger charge is 2.45. The zero-order valence-corrected chi connectivity index (χ0v) is 25.1. The van der Waals surface area contributed by atoms with Crippen LogP contribution in [0.25, 0.3) is 0 Å². The van der Waals surface area contributed by atoms with Gasteiger partial charge in [-0.05, 0) is 111 Å². The molecule has 0 radical (unpaired) electrons. The number of methoxy groups -OCH3 is 1. The number of benzene rings is 2. The first-order chi connectivity index (χ1) is 20.8. The van der Waals surface area contributed by atoms with Crippen LogP contribution in [0, 0.1) is 23.1 Å². The Morgan fingerprint density at radius 2 is 1.79 bits per heavy atom. The predicted molar refractivity (Wildman–Crippen MR) is 163 cm³/mol. The maximum Gasteiger partial charge on any atom is 0.251 e. The van der Waals surface area contributed by atoms with Crippen molar-refractivity contribution in [3.05, 3.63) is 59.4 Å². The number of nitrogens with one attached hydrogen (secondary N) is 2. The van der Waals surface area contributed by atoms with Gasteiger partial charge < -0.3 is 19.9 Å². The molecular weight excluding hydrogens is 547 g/mol. The van der Waals surface area contributed by atoms with E-state index in [-0.39, 0.29) is 30.0 Å². The van der Waals surface area contributed by atoms with Crippen molar-refractivity contribution in [2.24, 2.45) is 17.3 Å². The van der Waals surface area contributed by atoms with Gasteiger partial charge in [-0.25, -0.2) is 4.39 Å². The smallest absolute Gasteiger partial charge is 0.251 e. The van der Waals surface area contributed by atoms with Crippen LogP contribution in [0.2, 0.25) is 0 Å². The van der Waals surface area contributed by atoms with Gasteiger partial charge in [0.1, 0.15) is 11.6 Å². The molecule has 3 amide bonds. The SMILES string of the molecule is COc1cccc(C(=O)NCC2CC3(CCN(CC4CCN(c5ccc(C6CCC(=O)NC6=O)cc5F)CC4)CC3)C2)c1. The van der Waals surface area contributed by atoms with Crippen LogP contribution in [0.3, 0.4) is 0 Å². The zero-order chi connectivity index (χ0) is 30.0. The van der Waals surface area contributed by atoms with Gasteiger partial charge in [0, 0.05) is 38.2 Å². The fourth-order valence-electron chi connectivity index (χ4n) is 7.76. The van der Waals surface area contributed by atoms with Crippen LogP contribution in [-0.4, -0.2) is 69.0 Å². The minimum absolute atomic E-state index is 0.0345. The van der Waals surface area contributed by atoms with Crippen molar-refractivity contribution in [3.63, 3.8) is 0 Å². The third-order valence-corrected chi connectivity index (χ3v) is 10.3. The van der Waals surface area contributed by atoms with Crippen LogP contribution in [0.1, 0.15) is 73.2 Å². The molecule has 0 bridgehead atoms. The van der Waals surface area contributed by atoms with Gasteiger partial charge in [0.2, 0.25) is 11.8 Å². The van der Waals surface area contributed by atoms with E-state index >= 15 is 4.39 Å². The number of carbonyl (C=O) groups is 3. The Labute approximate surface area is 253 Å². The summed E-state index contributed by atoms with van der Waals surface area (Å²) in [4.78, 5) is 41.0. The van der Waals surface area contributed by atoms with Crippen LogP contribution < -0.4 is 20.3 Å². The van der Waals surface area contributed by atoms with Gasteiger partial charge in [-0.2, -0.15) is 0 Å². The zero-order valence-electron chi connectivity index (χ0n) is 25.1. The van der Waals surface area contributed by atoms with E-state index in [1.807, 2.05) is 24.3 Å². The van der Waals surface area contributed by atoms with Crippen molar-refractivity contribution < 1.29 is 23.5 Å². The summed E-state index contributed by atoms with van der Waals surface area (Å²) in [5, 5.41) is 5.48. The molecule has 1 saturated carbocycles. The van der Waals surface area contributed by atoms with E-state index in [0.29, 0.717) is 46.2 Å². The summed E-state index contributed by atoms with van der Waals surface area (Å²) in [5.41, 5.74) is 2.33. The van der Waals surface area contributed by atoms with Crippen molar-refractivity contribution in [2.75, 3.05) is 51.3 Å². The van der Waals surface area contributed by atoms with Crippen LogP contribution >= 0.6 is 0 Å². The third-order valence-electron chi connectivity index (χ3n) is 10.3. The molecule has 0 aromatic heterocycles. The van der Waals surface area contributed by atoms with E-state index in [9.17, 15) is 14.4 Å². The second-order valence-electron chi connectivity index (χ2n) is 13.2. The number of rotatable bonds is 8. The largest absolute Gasteiger partial charge is 0.497 e. The Bertz CT molecular complexity index is 1340. The van der Waals surface area contributed by atoms with Crippen LogP contribution in [-0.2, 0) is 9.59 Å².